The molecule has 2 N–H and O–H groups in total. The molecule has 1 atom stereocenters. The summed E-state index contributed by atoms with van der Waals surface area (Å²) in [5, 5.41) is 16.5. The number of rotatable bonds is 3. The summed E-state index contributed by atoms with van der Waals surface area (Å²) in [6, 6.07) is 6.46. The van der Waals surface area contributed by atoms with Gasteiger partial charge < -0.3 is 20.1 Å². The molecular formula is C25H24FN5O4. The summed E-state index contributed by atoms with van der Waals surface area (Å²) in [5.74, 6) is 5.16. The van der Waals surface area contributed by atoms with Gasteiger partial charge in [-0.15, -0.1) is 0 Å². The van der Waals surface area contributed by atoms with Crippen LogP contribution >= 0.6 is 0 Å². The number of carbonyl (C=O) groups excluding carboxylic acids is 2. The molecule has 180 valence electrons. The Morgan fingerprint density at radius 2 is 2.09 bits per heavy atom. The van der Waals surface area contributed by atoms with Gasteiger partial charge >= 0.3 is 6.03 Å². The third-order valence-electron chi connectivity index (χ3n) is 5.21. The Labute approximate surface area is 201 Å². The Hall–Kier alpha value is -4.23. The first-order valence-corrected chi connectivity index (χ1v) is 10.8. The van der Waals surface area contributed by atoms with Crippen molar-refractivity contribution in [3.8, 4) is 17.6 Å². The molecular weight excluding hydrogens is 453 g/mol. The highest BCUT2D eigenvalue weighted by Crippen LogP contribution is 2.31. The Morgan fingerprint density at radius 1 is 1.29 bits per heavy atom. The Kier molecular flexibility index (Phi) is 6.53. The number of amides is 2. The van der Waals surface area contributed by atoms with Crippen molar-refractivity contribution in [2.75, 3.05) is 18.6 Å². The number of likely N-dealkylation sites (N-methyl/N-ethyl adjacent to an activating group) is 1. The number of nitrogens with one attached hydrogen (secondary N) is 1. The molecule has 1 aliphatic rings. The largest absolute Gasteiger partial charge is 0.489 e. The first kappa shape index (κ1) is 23.9. The van der Waals surface area contributed by atoms with E-state index in [0.717, 1.165) is 15.8 Å². The third kappa shape index (κ3) is 5.83. The second kappa shape index (κ2) is 9.56. The number of carbonyl (C=O) groups is 2. The van der Waals surface area contributed by atoms with Crippen LogP contribution in [0.1, 0.15) is 30.5 Å². The number of anilines is 1. The zero-order valence-corrected chi connectivity index (χ0v) is 19.4. The van der Waals surface area contributed by atoms with Gasteiger partial charge in [0.15, 0.2) is 0 Å². The maximum absolute atomic E-state index is 13.1. The first-order valence-electron chi connectivity index (χ1n) is 10.8. The number of nitrogens with zero attached hydrogens (tertiary/aromatic N) is 4. The van der Waals surface area contributed by atoms with Crippen LogP contribution in [0.15, 0.2) is 48.9 Å². The van der Waals surface area contributed by atoms with Gasteiger partial charge in [0.1, 0.15) is 24.0 Å². The van der Waals surface area contributed by atoms with E-state index in [1.165, 1.54) is 29.6 Å². The van der Waals surface area contributed by atoms with Crippen LogP contribution in [0.5, 0.6) is 5.75 Å². The molecule has 0 fully saturated rings. The predicted molar refractivity (Wildman–Crippen MR) is 125 cm³/mol. The second-order valence-corrected chi connectivity index (χ2v) is 8.66. The smallest absolute Gasteiger partial charge is 0.342 e. The fourth-order valence-corrected chi connectivity index (χ4v) is 3.43. The topological polar surface area (TPSA) is 110 Å². The molecule has 0 saturated heterocycles. The van der Waals surface area contributed by atoms with Crippen molar-refractivity contribution in [2.45, 2.75) is 31.9 Å². The van der Waals surface area contributed by atoms with E-state index in [1.807, 2.05) is 0 Å². The first-order chi connectivity index (χ1) is 16.6. The van der Waals surface area contributed by atoms with Crippen LogP contribution < -0.4 is 15.0 Å². The lowest BCUT2D eigenvalue weighted by Gasteiger charge is -2.20. The highest BCUT2D eigenvalue weighted by Gasteiger charge is 2.31. The maximum Gasteiger partial charge on any atom is 0.342 e. The zero-order chi connectivity index (χ0) is 25.2. The van der Waals surface area contributed by atoms with E-state index in [9.17, 15) is 19.1 Å². The van der Waals surface area contributed by atoms with Gasteiger partial charge in [0.05, 0.1) is 11.9 Å². The lowest BCUT2D eigenvalue weighted by Crippen LogP contribution is -2.50. The number of hydrogen-bond acceptors (Lipinski definition) is 6. The van der Waals surface area contributed by atoms with Crippen LogP contribution in [0.2, 0.25) is 0 Å². The molecule has 2 amide bonds. The number of ether oxygens (including phenoxy) is 1. The standard InChI is InChI=1S/C25H24FN5O4/c1-25(2,34)9-8-16-4-6-21-20(11-16)30(3)23(32)19(15-35-21)29-24(33)31-14-18(13-28-31)10-17-5-7-22(26)27-12-17/h4-7,11-14,19,34H,10,15H2,1-3H3,(H,29,33)/t19-/m0/s1. The van der Waals surface area contributed by atoms with Crippen LogP contribution in [0.25, 0.3) is 0 Å². The molecule has 9 nitrogen and oxygen atoms in total. The minimum Gasteiger partial charge on any atom is -0.489 e. The van der Waals surface area contributed by atoms with Crippen LogP contribution in [-0.2, 0) is 11.2 Å². The summed E-state index contributed by atoms with van der Waals surface area (Å²) in [4.78, 5) is 30.8. The average molecular weight is 477 g/mol. The molecule has 10 heteroatoms. The number of fused-ring (bicyclic) bond motifs is 1. The monoisotopic (exact) mass is 477 g/mol. The van der Waals surface area contributed by atoms with Crippen molar-refractivity contribution in [2.24, 2.45) is 0 Å². The number of hydrogen-bond donors (Lipinski definition) is 2. The van der Waals surface area contributed by atoms with Gasteiger partial charge in [-0.25, -0.2) is 9.78 Å². The number of halogens is 1. The molecule has 0 unspecified atom stereocenters. The molecule has 3 aromatic rings. The average Bonchev–Trinajstić information content (AvgIpc) is 3.25. The summed E-state index contributed by atoms with van der Waals surface area (Å²) in [5.41, 5.74) is 1.45. The molecule has 1 aromatic carbocycles. The van der Waals surface area contributed by atoms with Crippen molar-refractivity contribution < 1.29 is 23.8 Å². The van der Waals surface area contributed by atoms with Crippen molar-refractivity contribution in [1.82, 2.24) is 20.1 Å². The number of aliphatic hydroxyl groups is 1. The quantitative estimate of drug-likeness (QED) is 0.442. The van der Waals surface area contributed by atoms with Crippen LogP contribution in [0.4, 0.5) is 14.9 Å². The summed E-state index contributed by atoms with van der Waals surface area (Å²) in [7, 11) is 1.59. The molecule has 0 radical (unpaired) electrons. The second-order valence-electron chi connectivity index (χ2n) is 8.66. The van der Waals surface area contributed by atoms with Gasteiger partial charge in [-0.2, -0.15) is 14.2 Å². The van der Waals surface area contributed by atoms with Crippen molar-refractivity contribution in [1.29, 1.82) is 0 Å². The lowest BCUT2D eigenvalue weighted by atomic mass is 10.1. The minimum atomic E-state index is -1.15. The SMILES string of the molecule is CN1C(=O)[C@@H](NC(=O)n2cc(Cc3ccc(F)nc3)cn2)COc2ccc(C#CC(C)(C)O)cc21. The van der Waals surface area contributed by atoms with Crippen molar-refractivity contribution in [3.05, 3.63) is 71.6 Å². The molecule has 3 heterocycles. The third-order valence-corrected chi connectivity index (χ3v) is 5.21. The number of pyridine rings is 1. The lowest BCUT2D eigenvalue weighted by molar-refractivity contribution is -0.120. The fraction of sp³-hybridized carbons (Fsp3) is 0.280. The Bertz CT molecular complexity index is 1320. The normalized spacial score (nSPS) is 15.4. The van der Waals surface area contributed by atoms with Gasteiger partial charge in [0.25, 0.3) is 5.91 Å². The van der Waals surface area contributed by atoms with Crippen LogP contribution in [0.3, 0.4) is 0 Å². The van der Waals surface area contributed by atoms with Gasteiger partial charge in [-0.1, -0.05) is 17.9 Å². The minimum absolute atomic E-state index is 0.0635. The number of aromatic nitrogens is 3. The Morgan fingerprint density at radius 3 is 2.80 bits per heavy atom. The van der Waals surface area contributed by atoms with Gasteiger partial charge in [-0.05, 0) is 49.2 Å². The highest BCUT2D eigenvalue weighted by atomic mass is 19.1. The van der Waals surface area contributed by atoms with E-state index in [0.29, 0.717) is 23.4 Å². The molecule has 35 heavy (non-hydrogen) atoms. The molecule has 1 aliphatic heterocycles. The van der Waals surface area contributed by atoms with Crippen LogP contribution in [-0.4, -0.2) is 57.1 Å². The van der Waals surface area contributed by atoms with E-state index < -0.39 is 23.6 Å². The van der Waals surface area contributed by atoms with E-state index in [1.54, 1.807) is 45.2 Å². The van der Waals surface area contributed by atoms with Crippen molar-refractivity contribution >= 4 is 17.6 Å². The summed E-state index contributed by atoms with van der Waals surface area (Å²) in [6.45, 7) is 3.10. The fourth-order valence-electron chi connectivity index (χ4n) is 3.43. The van der Waals surface area contributed by atoms with Gasteiger partial charge in [0, 0.05) is 31.4 Å². The van der Waals surface area contributed by atoms with E-state index >= 15 is 0 Å². The van der Waals surface area contributed by atoms with Gasteiger partial charge in [-0.3, -0.25) is 4.79 Å². The van der Waals surface area contributed by atoms with E-state index in [2.05, 4.69) is 27.2 Å². The summed E-state index contributed by atoms with van der Waals surface area (Å²) in [6.07, 6.45) is 4.89. The zero-order valence-electron chi connectivity index (χ0n) is 19.4. The molecule has 0 spiro atoms. The van der Waals surface area contributed by atoms with Crippen LogP contribution in [0, 0.1) is 17.8 Å². The van der Waals surface area contributed by atoms with E-state index in [4.69, 9.17) is 4.74 Å². The predicted octanol–water partition coefficient (Wildman–Crippen LogP) is 2.11. The molecule has 2 aromatic heterocycles. The molecule has 0 aliphatic carbocycles. The van der Waals surface area contributed by atoms with E-state index in [-0.39, 0.29) is 12.5 Å². The van der Waals surface area contributed by atoms with Gasteiger partial charge in [0.2, 0.25) is 5.95 Å². The summed E-state index contributed by atoms with van der Waals surface area (Å²) < 4.78 is 19.9. The van der Waals surface area contributed by atoms with Crippen molar-refractivity contribution in [3.63, 3.8) is 0 Å². The molecule has 4 rings (SSSR count). The number of benzene rings is 1. The molecule has 0 bridgehead atoms. The highest BCUT2D eigenvalue weighted by molar-refractivity contribution is 6.00. The maximum atomic E-state index is 13.1. The molecule has 0 saturated carbocycles. The Balaban J connectivity index is 1.45. The summed E-state index contributed by atoms with van der Waals surface area (Å²) >= 11 is 0.